The molecule has 0 spiro atoms. The Bertz CT molecular complexity index is 620. The second kappa shape index (κ2) is 5.57. The molecule has 0 aliphatic heterocycles. The number of anilines is 1. The molecular weight excluding hydrogens is 236 g/mol. The topological polar surface area (TPSA) is 67.6 Å². The monoisotopic (exact) mass is 254 g/mol. The van der Waals surface area contributed by atoms with Crippen LogP contribution in [0.25, 0.3) is 11.3 Å². The highest BCUT2D eigenvalue weighted by Crippen LogP contribution is 2.27. The Kier molecular flexibility index (Phi) is 3.86. The predicted octanol–water partition coefficient (Wildman–Crippen LogP) is 2.98. The number of rotatable bonds is 4. The number of imidazole rings is 1. The van der Waals surface area contributed by atoms with Crippen molar-refractivity contribution < 1.29 is 0 Å². The molecule has 0 saturated heterocycles. The second-order valence-electron chi connectivity index (χ2n) is 4.46. The third-order valence-corrected chi connectivity index (χ3v) is 3.11. The lowest BCUT2D eigenvalue weighted by atomic mass is 10.1. The average Bonchev–Trinajstić information content (AvgIpc) is 2.76. The summed E-state index contributed by atoms with van der Waals surface area (Å²) in [7, 11) is 0. The minimum absolute atomic E-state index is 0.625. The molecule has 0 aliphatic rings. The van der Waals surface area contributed by atoms with Crippen LogP contribution in [0.4, 0.5) is 5.82 Å². The molecule has 2 rings (SSSR count). The summed E-state index contributed by atoms with van der Waals surface area (Å²) in [5, 5.41) is 8.96. The maximum atomic E-state index is 8.96. The number of aromatic nitrogens is 2. The number of aryl methyl sites for hydroxylation is 1. The molecule has 4 nitrogen and oxygen atoms in total. The number of nitrogens with two attached hydrogens (primary N) is 1. The summed E-state index contributed by atoms with van der Waals surface area (Å²) in [4.78, 5) is 4.62. The standard InChI is InChI=1S/C15H18N4/c1-3-8-19-13(4-2)18-14(15(19)17)12-7-5-6-11(9-12)10-16/h5-7,9H,3-4,8,17H2,1-2H3. The van der Waals surface area contributed by atoms with E-state index in [0.717, 1.165) is 36.5 Å². The molecule has 0 saturated carbocycles. The molecular formula is C15H18N4. The van der Waals surface area contributed by atoms with Crippen molar-refractivity contribution in [2.45, 2.75) is 33.2 Å². The largest absolute Gasteiger partial charge is 0.383 e. The lowest BCUT2D eigenvalue weighted by Gasteiger charge is -2.06. The van der Waals surface area contributed by atoms with Gasteiger partial charge in [-0.2, -0.15) is 5.26 Å². The van der Waals surface area contributed by atoms with Gasteiger partial charge in [0, 0.05) is 18.5 Å². The van der Waals surface area contributed by atoms with E-state index in [4.69, 9.17) is 11.0 Å². The molecule has 1 aromatic heterocycles. The minimum atomic E-state index is 0.625. The maximum Gasteiger partial charge on any atom is 0.131 e. The fraction of sp³-hybridized carbons (Fsp3) is 0.333. The zero-order valence-corrected chi connectivity index (χ0v) is 11.3. The average molecular weight is 254 g/mol. The summed E-state index contributed by atoms with van der Waals surface area (Å²) < 4.78 is 2.06. The van der Waals surface area contributed by atoms with Crippen LogP contribution in [0.3, 0.4) is 0 Å². The Morgan fingerprint density at radius 1 is 1.37 bits per heavy atom. The highest BCUT2D eigenvalue weighted by molar-refractivity contribution is 5.72. The molecule has 2 N–H and O–H groups in total. The molecule has 98 valence electrons. The summed E-state index contributed by atoms with van der Waals surface area (Å²) >= 11 is 0. The van der Waals surface area contributed by atoms with Gasteiger partial charge in [0.1, 0.15) is 17.3 Å². The minimum Gasteiger partial charge on any atom is -0.383 e. The molecule has 0 unspecified atom stereocenters. The van der Waals surface area contributed by atoms with Crippen LogP contribution in [-0.2, 0) is 13.0 Å². The highest BCUT2D eigenvalue weighted by Gasteiger charge is 2.14. The maximum absolute atomic E-state index is 8.96. The first-order valence-electron chi connectivity index (χ1n) is 6.56. The zero-order valence-electron chi connectivity index (χ0n) is 11.3. The van der Waals surface area contributed by atoms with E-state index < -0.39 is 0 Å². The van der Waals surface area contributed by atoms with Crippen LogP contribution in [0.15, 0.2) is 24.3 Å². The van der Waals surface area contributed by atoms with Crippen LogP contribution in [-0.4, -0.2) is 9.55 Å². The van der Waals surface area contributed by atoms with Gasteiger partial charge in [0.05, 0.1) is 11.6 Å². The van der Waals surface area contributed by atoms with Crippen molar-refractivity contribution in [2.24, 2.45) is 0 Å². The van der Waals surface area contributed by atoms with Crippen molar-refractivity contribution in [1.29, 1.82) is 5.26 Å². The van der Waals surface area contributed by atoms with Crippen molar-refractivity contribution in [1.82, 2.24) is 9.55 Å². The van der Waals surface area contributed by atoms with E-state index in [1.54, 1.807) is 6.07 Å². The Morgan fingerprint density at radius 3 is 2.79 bits per heavy atom. The van der Waals surface area contributed by atoms with Gasteiger partial charge in [-0.05, 0) is 18.6 Å². The molecule has 19 heavy (non-hydrogen) atoms. The first kappa shape index (κ1) is 13.2. The Morgan fingerprint density at radius 2 is 2.16 bits per heavy atom. The van der Waals surface area contributed by atoms with Gasteiger partial charge in [-0.25, -0.2) is 4.98 Å². The molecule has 0 aliphatic carbocycles. The fourth-order valence-corrected chi connectivity index (χ4v) is 2.21. The van der Waals surface area contributed by atoms with Gasteiger partial charge in [-0.3, -0.25) is 0 Å². The van der Waals surface area contributed by atoms with Crippen LogP contribution >= 0.6 is 0 Å². The Labute approximate surface area is 113 Å². The number of benzene rings is 1. The van der Waals surface area contributed by atoms with Crippen molar-refractivity contribution in [3.63, 3.8) is 0 Å². The third kappa shape index (κ3) is 2.45. The van der Waals surface area contributed by atoms with Gasteiger partial charge in [-0.1, -0.05) is 26.0 Å². The first-order valence-corrected chi connectivity index (χ1v) is 6.56. The SMILES string of the molecule is CCCn1c(CC)nc(-c2cccc(C#N)c2)c1N. The summed E-state index contributed by atoms with van der Waals surface area (Å²) in [6.07, 6.45) is 1.87. The van der Waals surface area contributed by atoms with Crippen LogP contribution in [0, 0.1) is 11.3 Å². The van der Waals surface area contributed by atoms with Gasteiger partial charge in [0.2, 0.25) is 0 Å². The van der Waals surface area contributed by atoms with Gasteiger partial charge < -0.3 is 10.3 Å². The Balaban J connectivity index is 2.53. The number of nitriles is 1. The summed E-state index contributed by atoms with van der Waals surface area (Å²) in [5.41, 5.74) is 8.52. The van der Waals surface area contributed by atoms with Crippen molar-refractivity contribution in [2.75, 3.05) is 5.73 Å². The molecule has 2 aromatic rings. The zero-order chi connectivity index (χ0) is 13.8. The van der Waals surface area contributed by atoms with Crippen molar-refractivity contribution in [3.05, 3.63) is 35.7 Å². The van der Waals surface area contributed by atoms with E-state index >= 15 is 0 Å². The molecule has 1 aromatic carbocycles. The molecule has 4 heteroatoms. The number of hydrogen-bond acceptors (Lipinski definition) is 3. The van der Waals surface area contributed by atoms with Gasteiger partial charge in [0.25, 0.3) is 0 Å². The van der Waals surface area contributed by atoms with Crippen LogP contribution in [0.2, 0.25) is 0 Å². The highest BCUT2D eigenvalue weighted by atomic mass is 15.1. The van der Waals surface area contributed by atoms with Crippen LogP contribution in [0.1, 0.15) is 31.7 Å². The quantitative estimate of drug-likeness (QED) is 0.912. The van der Waals surface area contributed by atoms with Crippen LogP contribution in [0.5, 0.6) is 0 Å². The Hall–Kier alpha value is -2.28. The smallest absolute Gasteiger partial charge is 0.131 e. The lowest BCUT2D eigenvalue weighted by molar-refractivity contribution is 0.650. The van der Waals surface area contributed by atoms with Crippen molar-refractivity contribution in [3.8, 4) is 17.3 Å². The van der Waals surface area contributed by atoms with E-state index in [-0.39, 0.29) is 0 Å². The predicted molar refractivity (Wildman–Crippen MR) is 76.5 cm³/mol. The number of nitrogen functional groups attached to an aromatic ring is 1. The van der Waals surface area contributed by atoms with E-state index in [1.165, 1.54) is 0 Å². The van der Waals surface area contributed by atoms with E-state index in [1.807, 2.05) is 18.2 Å². The molecule has 0 bridgehead atoms. The lowest BCUT2D eigenvalue weighted by Crippen LogP contribution is -2.06. The summed E-state index contributed by atoms with van der Waals surface area (Å²) in [6, 6.07) is 9.55. The fourth-order valence-electron chi connectivity index (χ4n) is 2.21. The molecule has 0 atom stereocenters. The van der Waals surface area contributed by atoms with Crippen LogP contribution < -0.4 is 5.73 Å². The van der Waals surface area contributed by atoms with Gasteiger partial charge in [0.15, 0.2) is 0 Å². The van der Waals surface area contributed by atoms with Gasteiger partial charge >= 0.3 is 0 Å². The normalized spacial score (nSPS) is 10.4. The summed E-state index contributed by atoms with van der Waals surface area (Å²) in [5.74, 6) is 1.69. The van der Waals surface area contributed by atoms with E-state index in [9.17, 15) is 0 Å². The molecule has 0 amide bonds. The third-order valence-electron chi connectivity index (χ3n) is 3.11. The first-order chi connectivity index (χ1) is 9.21. The molecule has 0 fully saturated rings. The number of nitrogens with zero attached hydrogens (tertiary/aromatic N) is 3. The van der Waals surface area contributed by atoms with E-state index in [0.29, 0.717) is 11.4 Å². The van der Waals surface area contributed by atoms with Gasteiger partial charge in [-0.15, -0.1) is 0 Å². The second-order valence-corrected chi connectivity index (χ2v) is 4.46. The van der Waals surface area contributed by atoms with Crippen molar-refractivity contribution >= 4 is 5.82 Å². The molecule has 0 radical (unpaired) electrons. The van der Waals surface area contributed by atoms with E-state index in [2.05, 4.69) is 29.5 Å². The molecule has 1 heterocycles. The number of hydrogen-bond donors (Lipinski definition) is 1. The summed E-state index contributed by atoms with van der Waals surface area (Å²) in [6.45, 7) is 5.07.